The monoisotopic (exact) mass is 469 g/mol. The molecule has 0 aliphatic rings. The Hall–Kier alpha value is -2.83. The predicted octanol–water partition coefficient (Wildman–Crippen LogP) is 4.86. The molecule has 0 bridgehead atoms. The normalized spacial score (nSPS) is 12.0. The van der Waals surface area contributed by atoms with Crippen LogP contribution in [-0.2, 0) is 24.3 Å². The Labute approximate surface area is 184 Å². The van der Waals surface area contributed by atoms with Crippen molar-refractivity contribution in [1.82, 2.24) is 4.90 Å². The molecule has 0 fully saturated rings. The van der Waals surface area contributed by atoms with Gasteiger partial charge in [-0.25, -0.2) is 0 Å². The van der Waals surface area contributed by atoms with Gasteiger partial charge in [-0.3, -0.25) is 9.69 Å². The van der Waals surface area contributed by atoms with Gasteiger partial charge in [-0.05, 0) is 51.2 Å². The quantitative estimate of drug-likeness (QED) is 0.468. The van der Waals surface area contributed by atoms with Gasteiger partial charge in [-0.1, -0.05) is 60.7 Å². The zero-order valence-corrected chi connectivity index (χ0v) is 18.2. The second-order valence-corrected chi connectivity index (χ2v) is 7.92. The van der Waals surface area contributed by atoms with Crippen molar-refractivity contribution in [2.24, 2.45) is 0 Å². The van der Waals surface area contributed by atoms with Crippen LogP contribution in [0.3, 0.4) is 0 Å². The van der Waals surface area contributed by atoms with Gasteiger partial charge >= 0.3 is 5.97 Å². The van der Waals surface area contributed by atoms with E-state index in [0.29, 0.717) is 28.9 Å². The molecule has 0 aromatic heterocycles. The average Bonchev–Trinajstić information content (AvgIpc) is 2.73. The number of hydrogen-bond acceptors (Lipinski definition) is 4. The van der Waals surface area contributed by atoms with Crippen LogP contribution < -0.4 is 4.74 Å². The lowest BCUT2D eigenvalue weighted by Gasteiger charge is -2.29. The molecule has 1 unspecified atom stereocenters. The molecule has 0 aliphatic heterocycles. The van der Waals surface area contributed by atoms with Crippen molar-refractivity contribution in [3.8, 4) is 11.5 Å². The molecule has 0 saturated carbocycles. The van der Waals surface area contributed by atoms with Gasteiger partial charge in [0, 0.05) is 13.1 Å². The predicted molar refractivity (Wildman–Crippen MR) is 120 cm³/mol. The summed E-state index contributed by atoms with van der Waals surface area (Å²) < 4.78 is 5.75. The molecule has 30 heavy (non-hydrogen) atoms. The number of rotatable bonds is 9. The van der Waals surface area contributed by atoms with Crippen LogP contribution in [0.15, 0.2) is 77.3 Å². The van der Waals surface area contributed by atoms with Crippen molar-refractivity contribution >= 4 is 21.9 Å². The van der Waals surface area contributed by atoms with Crippen molar-refractivity contribution in [2.45, 2.75) is 25.6 Å². The van der Waals surface area contributed by atoms with Gasteiger partial charge in [0.25, 0.3) is 0 Å². The van der Waals surface area contributed by atoms with Gasteiger partial charge in [0.1, 0.15) is 6.04 Å². The van der Waals surface area contributed by atoms with Gasteiger partial charge in [0.2, 0.25) is 0 Å². The first-order chi connectivity index (χ1) is 14.5. The number of benzene rings is 3. The molecule has 156 valence electrons. The summed E-state index contributed by atoms with van der Waals surface area (Å²) in [6.07, 6.45) is 0.241. The molecule has 3 aromatic rings. The topological polar surface area (TPSA) is 70.0 Å². The second kappa shape index (κ2) is 10.3. The number of phenols is 1. The van der Waals surface area contributed by atoms with E-state index in [1.165, 1.54) is 7.11 Å². The van der Waals surface area contributed by atoms with Crippen LogP contribution in [0.4, 0.5) is 0 Å². The lowest BCUT2D eigenvalue weighted by atomic mass is 10.0. The minimum atomic E-state index is -0.909. The summed E-state index contributed by atoms with van der Waals surface area (Å²) in [7, 11) is 1.47. The molecule has 0 heterocycles. The van der Waals surface area contributed by atoms with Crippen molar-refractivity contribution in [3.05, 3.63) is 94.0 Å². The standard InChI is InChI=1S/C24H24BrNO4/c1-30-23-20(25)12-19(14-22(23)27)13-21(24(28)29)26(15-17-8-4-2-5-9-17)16-18-10-6-3-7-11-18/h2-12,14,21,27H,13,15-16H2,1H3,(H,28,29). The Morgan fingerprint density at radius 2 is 1.50 bits per heavy atom. The van der Waals surface area contributed by atoms with Gasteiger partial charge in [0.15, 0.2) is 11.5 Å². The van der Waals surface area contributed by atoms with Gasteiger partial charge in [-0.15, -0.1) is 0 Å². The summed E-state index contributed by atoms with van der Waals surface area (Å²) in [5, 5.41) is 20.3. The summed E-state index contributed by atoms with van der Waals surface area (Å²) in [6, 6.07) is 22.2. The number of carboxylic acids is 1. The molecular weight excluding hydrogens is 446 g/mol. The summed E-state index contributed by atoms with van der Waals surface area (Å²) in [5.74, 6) is -0.604. The minimum absolute atomic E-state index is 0.0244. The maximum absolute atomic E-state index is 12.3. The van der Waals surface area contributed by atoms with Gasteiger partial charge in [-0.2, -0.15) is 0 Å². The number of carboxylic acid groups (broad SMARTS) is 1. The van der Waals surface area contributed by atoms with Crippen LogP contribution in [0.25, 0.3) is 0 Å². The second-order valence-electron chi connectivity index (χ2n) is 7.06. The third-order valence-corrected chi connectivity index (χ3v) is 5.49. The van der Waals surface area contributed by atoms with Gasteiger partial charge < -0.3 is 14.9 Å². The molecule has 5 nitrogen and oxygen atoms in total. The third kappa shape index (κ3) is 5.62. The highest BCUT2D eigenvalue weighted by Gasteiger charge is 2.27. The third-order valence-electron chi connectivity index (χ3n) is 4.90. The minimum Gasteiger partial charge on any atom is -0.504 e. The summed E-state index contributed by atoms with van der Waals surface area (Å²) >= 11 is 3.38. The zero-order valence-electron chi connectivity index (χ0n) is 16.7. The highest BCUT2D eigenvalue weighted by molar-refractivity contribution is 9.10. The Kier molecular flexibility index (Phi) is 7.49. The number of halogens is 1. The summed E-state index contributed by atoms with van der Waals surface area (Å²) in [4.78, 5) is 14.2. The molecular formula is C24H24BrNO4. The first-order valence-electron chi connectivity index (χ1n) is 9.58. The largest absolute Gasteiger partial charge is 0.504 e. The highest BCUT2D eigenvalue weighted by atomic mass is 79.9. The van der Waals surface area contributed by atoms with Crippen LogP contribution in [0, 0.1) is 0 Å². The number of nitrogens with zero attached hydrogens (tertiary/aromatic N) is 1. The van der Waals surface area contributed by atoms with Crippen LogP contribution in [0.2, 0.25) is 0 Å². The van der Waals surface area contributed by atoms with Crippen molar-refractivity contribution in [3.63, 3.8) is 0 Å². The molecule has 3 rings (SSSR count). The SMILES string of the molecule is COc1c(O)cc(CC(C(=O)O)N(Cc2ccccc2)Cc2ccccc2)cc1Br. The fraction of sp³-hybridized carbons (Fsp3) is 0.208. The van der Waals surface area contributed by atoms with E-state index in [2.05, 4.69) is 15.9 Å². The van der Waals surface area contributed by atoms with E-state index < -0.39 is 12.0 Å². The van der Waals surface area contributed by atoms with Crippen LogP contribution in [0.1, 0.15) is 16.7 Å². The van der Waals surface area contributed by atoms with Crippen LogP contribution >= 0.6 is 15.9 Å². The average molecular weight is 470 g/mol. The maximum Gasteiger partial charge on any atom is 0.321 e. The summed E-state index contributed by atoms with van der Waals surface area (Å²) in [6.45, 7) is 0.992. The molecule has 2 N–H and O–H groups in total. The van der Waals surface area contributed by atoms with E-state index in [1.54, 1.807) is 12.1 Å². The van der Waals surface area contributed by atoms with E-state index in [-0.39, 0.29) is 12.2 Å². The molecule has 1 atom stereocenters. The first-order valence-corrected chi connectivity index (χ1v) is 10.4. The molecule has 0 radical (unpaired) electrons. The van der Waals surface area contributed by atoms with Crippen LogP contribution in [-0.4, -0.2) is 34.2 Å². The van der Waals surface area contributed by atoms with Crippen molar-refractivity contribution in [2.75, 3.05) is 7.11 Å². The van der Waals surface area contributed by atoms with E-state index in [0.717, 1.165) is 11.1 Å². The van der Waals surface area contributed by atoms with Gasteiger partial charge in [0.05, 0.1) is 11.6 Å². The van der Waals surface area contributed by atoms with E-state index in [4.69, 9.17) is 4.74 Å². The summed E-state index contributed by atoms with van der Waals surface area (Å²) in [5.41, 5.74) is 2.79. The Balaban J connectivity index is 1.91. The molecule has 6 heteroatoms. The number of ether oxygens (including phenoxy) is 1. The smallest absolute Gasteiger partial charge is 0.321 e. The van der Waals surface area contributed by atoms with E-state index in [9.17, 15) is 15.0 Å². The Morgan fingerprint density at radius 1 is 0.967 bits per heavy atom. The fourth-order valence-corrected chi connectivity index (χ4v) is 4.12. The number of aliphatic carboxylic acids is 1. The zero-order chi connectivity index (χ0) is 21.5. The molecule has 0 amide bonds. The molecule has 0 saturated heterocycles. The van der Waals surface area contributed by atoms with Crippen molar-refractivity contribution in [1.29, 1.82) is 0 Å². The number of hydrogen-bond donors (Lipinski definition) is 2. The number of carbonyl (C=O) groups is 1. The van der Waals surface area contributed by atoms with Crippen LogP contribution in [0.5, 0.6) is 11.5 Å². The lowest BCUT2D eigenvalue weighted by Crippen LogP contribution is -2.42. The maximum atomic E-state index is 12.3. The molecule has 0 aliphatic carbocycles. The number of phenolic OH excluding ortho intramolecular Hbond substituents is 1. The Bertz CT molecular complexity index is 915. The molecule has 3 aromatic carbocycles. The number of methoxy groups -OCH3 is 1. The fourth-order valence-electron chi connectivity index (χ4n) is 3.46. The lowest BCUT2D eigenvalue weighted by molar-refractivity contribution is -0.143. The first kappa shape index (κ1) is 21.9. The van der Waals surface area contributed by atoms with Crippen molar-refractivity contribution < 1.29 is 19.7 Å². The van der Waals surface area contributed by atoms with E-state index in [1.807, 2.05) is 65.6 Å². The molecule has 0 spiro atoms. The Morgan fingerprint density at radius 3 is 1.93 bits per heavy atom. The highest BCUT2D eigenvalue weighted by Crippen LogP contribution is 2.36. The number of aromatic hydroxyl groups is 1. The van der Waals surface area contributed by atoms with E-state index >= 15 is 0 Å².